The van der Waals surface area contributed by atoms with Crippen molar-refractivity contribution in [1.82, 2.24) is 5.32 Å². The van der Waals surface area contributed by atoms with Crippen molar-refractivity contribution in [3.63, 3.8) is 0 Å². The molecule has 0 heterocycles. The summed E-state index contributed by atoms with van der Waals surface area (Å²) in [5.74, 6) is -0.107. The molecule has 0 aromatic heterocycles. The molecule has 0 aliphatic rings. The summed E-state index contributed by atoms with van der Waals surface area (Å²) in [6, 6.07) is -0.643. The number of rotatable bonds is 61. The van der Waals surface area contributed by atoms with Crippen molar-refractivity contribution in [3.05, 3.63) is 60.8 Å². The zero-order valence-electron chi connectivity index (χ0n) is 50.0. The maximum Gasteiger partial charge on any atom is 0.305 e. The molecular formula is C69H127NO5. The fourth-order valence-corrected chi connectivity index (χ4v) is 9.93. The lowest BCUT2D eigenvalue weighted by Gasteiger charge is -2.20. The van der Waals surface area contributed by atoms with Gasteiger partial charge in [0.1, 0.15) is 0 Å². The number of unbranched alkanes of at least 4 members (excludes halogenated alkanes) is 42. The van der Waals surface area contributed by atoms with Crippen LogP contribution in [-0.4, -0.2) is 47.4 Å². The third-order valence-corrected chi connectivity index (χ3v) is 15.0. The van der Waals surface area contributed by atoms with Crippen LogP contribution in [0.5, 0.6) is 0 Å². The highest BCUT2D eigenvalue weighted by Crippen LogP contribution is 2.17. The van der Waals surface area contributed by atoms with E-state index >= 15 is 0 Å². The summed E-state index contributed by atoms with van der Waals surface area (Å²) in [4.78, 5) is 24.6. The first-order chi connectivity index (χ1) is 37.0. The molecule has 6 nitrogen and oxygen atoms in total. The number of hydrogen-bond acceptors (Lipinski definition) is 5. The molecule has 75 heavy (non-hydrogen) atoms. The van der Waals surface area contributed by atoms with E-state index in [9.17, 15) is 19.8 Å². The lowest BCUT2D eigenvalue weighted by Crippen LogP contribution is -2.45. The Morgan fingerprint density at radius 3 is 1.04 bits per heavy atom. The third kappa shape index (κ3) is 60.6. The minimum atomic E-state index is -0.858. The zero-order chi connectivity index (χ0) is 54.3. The molecule has 0 aromatic rings. The Hall–Kier alpha value is -2.44. The van der Waals surface area contributed by atoms with Gasteiger partial charge in [-0.05, 0) is 103 Å². The van der Waals surface area contributed by atoms with Gasteiger partial charge in [0.25, 0.3) is 0 Å². The van der Waals surface area contributed by atoms with Gasteiger partial charge >= 0.3 is 5.97 Å². The summed E-state index contributed by atoms with van der Waals surface area (Å²) >= 11 is 0. The molecule has 0 fully saturated rings. The van der Waals surface area contributed by atoms with Crippen LogP contribution in [0.2, 0.25) is 0 Å². The Kier molecular flexibility index (Phi) is 62.0. The maximum atomic E-state index is 12.5. The van der Waals surface area contributed by atoms with Crippen LogP contribution in [0.15, 0.2) is 60.8 Å². The number of ether oxygens (including phenoxy) is 1. The Labute approximate surface area is 467 Å². The first-order valence-corrected chi connectivity index (χ1v) is 33.1. The summed E-state index contributed by atoms with van der Waals surface area (Å²) in [6.07, 6.45) is 84.1. The molecule has 438 valence electrons. The number of allylic oxidation sites excluding steroid dienone is 9. The van der Waals surface area contributed by atoms with E-state index in [1.807, 2.05) is 6.08 Å². The van der Waals surface area contributed by atoms with E-state index in [1.165, 1.54) is 225 Å². The van der Waals surface area contributed by atoms with Gasteiger partial charge in [0.15, 0.2) is 0 Å². The molecule has 2 atom stereocenters. The molecule has 0 bridgehead atoms. The van der Waals surface area contributed by atoms with E-state index in [4.69, 9.17) is 4.74 Å². The van der Waals surface area contributed by atoms with Gasteiger partial charge in [0.05, 0.1) is 25.4 Å². The molecule has 0 aliphatic heterocycles. The smallest absolute Gasteiger partial charge is 0.305 e. The van der Waals surface area contributed by atoms with Gasteiger partial charge < -0.3 is 20.3 Å². The fourth-order valence-electron chi connectivity index (χ4n) is 9.93. The summed E-state index contributed by atoms with van der Waals surface area (Å²) in [5, 5.41) is 23.2. The normalized spacial score (nSPS) is 13.0. The number of amides is 1. The van der Waals surface area contributed by atoms with Crippen molar-refractivity contribution in [2.75, 3.05) is 13.2 Å². The molecule has 6 heteroatoms. The molecule has 0 aromatic carbocycles. The van der Waals surface area contributed by atoms with E-state index in [0.717, 1.165) is 89.9 Å². The van der Waals surface area contributed by atoms with Gasteiger partial charge in [0.2, 0.25) is 5.91 Å². The van der Waals surface area contributed by atoms with Gasteiger partial charge in [-0.3, -0.25) is 9.59 Å². The van der Waals surface area contributed by atoms with Gasteiger partial charge in [-0.15, -0.1) is 0 Å². The number of aliphatic hydroxyl groups is 2. The average Bonchev–Trinajstić information content (AvgIpc) is 3.41. The van der Waals surface area contributed by atoms with Crippen molar-refractivity contribution in [2.24, 2.45) is 0 Å². The molecule has 0 spiro atoms. The van der Waals surface area contributed by atoms with Crippen LogP contribution in [0.4, 0.5) is 0 Å². The second kappa shape index (κ2) is 64.1. The van der Waals surface area contributed by atoms with Crippen LogP contribution >= 0.6 is 0 Å². The summed E-state index contributed by atoms with van der Waals surface area (Å²) in [7, 11) is 0. The van der Waals surface area contributed by atoms with Crippen LogP contribution < -0.4 is 5.32 Å². The first kappa shape index (κ1) is 72.6. The van der Waals surface area contributed by atoms with E-state index in [1.54, 1.807) is 6.08 Å². The zero-order valence-corrected chi connectivity index (χ0v) is 50.0. The summed E-state index contributed by atoms with van der Waals surface area (Å²) in [6.45, 7) is 4.85. The highest BCUT2D eigenvalue weighted by Gasteiger charge is 2.18. The highest BCUT2D eigenvalue weighted by atomic mass is 16.5. The van der Waals surface area contributed by atoms with E-state index in [-0.39, 0.29) is 18.5 Å². The number of hydrogen-bond donors (Lipinski definition) is 3. The van der Waals surface area contributed by atoms with Crippen molar-refractivity contribution in [3.8, 4) is 0 Å². The number of nitrogens with one attached hydrogen (secondary N) is 1. The van der Waals surface area contributed by atoms with Crippen LogP contribution in [0.25, 0.3) is 0 Å². The maximum absolute atomic E-state index is 12.5. The molecule has 0 aliphatic carbocycles. The van der Waals surface area contributed by atoms with E-state index < -0.39 is 12.1 Å². The molecule has 0 radical (unpaired) electrons. The SMILES string of the molecule is CCCCC/C=C\C/C=C\CCCCCCCCCC(=O)OCCCCC/C=C\C/C=C\CCCCCCCCCC(=O)NC(CO)C(O)/C=C/CCCCCCCCCCCCCCCCCCCCCCCC. The minimum absolute atomic E-state index is 0.0242. The lowest BCUT2D eigenvalue weighted by atomic mass is 10.0. The Bertz CT molecular complexity index is 1300. The number of carbonyl (C=O) groups excluding carboxylic acids is 2. The molecule has 2 unspecified atom stereocenters. The molecule has 0 saturated carbocycles. The minimum Gasteiger partial charge on any atom is -0.466 e. The predicted octanol–water partition coefficient (Wildman–Crippen LogP) is 21.1. The van der Waals surface area contributed by atoms with Gasteiger partial charge in [-0.2, -0.15) is 0 Å². The molecule has 0 saturated heterocycles. The molecule has 3 N–H and O–H groups in total. The Morgan fingerprint density at radius 2 is 0.667 bits per heavy atom. The molecule has 1 amide bonds. The van der Waals surface area contributed by atoms with E-state index in [0.29, 0.717) is 19.4 Å². The topological polar surface area (TPSA) is 95.9 Å². The second-order valence-corrected chi connectivity index (χ2v) is 22.4. The van der Waals surface area contributed by atoms with Gasteiger partial charge in [0, 0.05) is 12.8 Å². The van der Waals surface area contributed by atoms with Crippen molar-refractivity contribution >= 4 is 11.9 Å². The monoisotopic (exact) mass is 1050 g/mol. The van der Waals surface area contributed by atoms with Crippen molar-refractivity contribution in [1.29, 1.82) is 0 Å². The van der Waals surface area contributed by atoms with Crippen LogP contribution in [0, 0.1) is 0 Å². The lowest BCUT2D eigenvalue weighted by molar-refractivity contribution is -0.143. The van der Waals surface area contributed by atoms with Gasteiger partial charge in [-0.25, -0.2) is 0 Å². The molecular weight excluding hydrogens is 923 g/mol. The Morgan fingerprint density at radius 1 is 0.373 bits per heavy atom. The van der Waals surface area contributed by atoms with Gasteiger partial charge in [-0.1, -0.05) is 286 Å². The fraction of sp³-hybridized carbons (Fsp3) is 0.826. The number of aliphatic hydroxyl groups excluding tert-OH is 2. The predicted molar refractivity (Wildman–Crippen MR) is 328 cm³/mol. The van der Waals surface area contributed by atoms with Crippen molar-refractivity contribution < 1.29 is 24.5 Å². The largest absolute Gasteiger partial charge is 0.466 e. The average molecular weight is 1050 g/mol. The highest BCUT2D eigenvalue weighted by molar-refractivity contribution is 5.76. The van der Waals surface area contributed by atoms with Crippen LogP contribution in [0.1, 0.15) is 341 Å². The number of carbonyl (C=O) groups is 2. The first-order valence-electron chi connectivity index (χ1n) is 33.1. The summed E-state index contributed by atoms with van der Waals surface area (Å²) in [5.41, 5.74) is 0. The molecule has 0 rings (SSSR count). The standard InChI is InChI=1S/C69H127NO5/c1-3-5-7-9-11-13-15-17-19-21-22-23-24-25-26-27-30-33-37-41-45-49-53-57-61-67(72)66(65-71)70-68(73)62-58-54-50-46-42-38-34-31-28-32-36-40-44-48-52-56-60-64-75-69(74)63-59-55-51-47-43-39-35-29-20-18-16-14-12-10-8-6-4-2/h12,14,18,20,28,32,40,44,57,61,66-67,71-72H,3-11,13,15-17,19,21-27,29-31,33-39,41-43,45-56,58-60,62-65H2,1-2H3,(H,70,73)/b14-12-,20-18-,32-28-,44-40-,61-57+. The second-order valence-electron chi connectivity index (χ2n) is 22.4. The van der Waals surface area contributed by atoms with Crippen LogP contribution in [-0.2, 0) is 14.3 Å². The van der Waals surface area contributed by atoms with E-state index in [2.05, 4.69) is 67.8 Å². The van der Waals surface area contributed by atoms with Crippen LogP contribution in [0.3, 0.4) is 0 Å². The Balaban J connectivity index is 3.52. The quantitative estimate of drug-likeness (QED) is 0.0320. The number of esters is 1. The summed E-state index contributed by atoms with van der Waals surface area (Å²) < 4.78 is 5.46. The van der Waals surface area contributed by atoms with Crippen molar-refractivity contribution in [2.45, 2.75) is 353 Å². The third-order valence-electron chi connectivity index (χ3n) is 15.0.